The Morgan fingerprint density at radius 3 is 1.20 bits per heavy atom. The first-order chi connectivity index (χ1) is 36.2. The molecule has 14 rings (SSSR count). The van der Waals surface area contributed by atoms with Crippen LogP contribution in [0.2, 0.25) is 26.2 Å². The van der Waals surface area contributed by atoms with Crippen LogP contribution in [0.3, 0.4) is 0 Å². The molecule has 0 fully saturated rings. The highest BCUT2D eigenvalue weighted by Gasteiger charge is 2.43. The number of fused-ring (bicyclic) bond motifs is 8. The van der Waals surface area contributed by atoms with Crippen LogP contribution in [0.1, 0.15) is 0 Å². The third-order valence-electron chi connectivity index (χ3n) is 16.4. The van der Waals surface area contributed by atoms with Crippen LogP contribution in [-0.2, 0) is 0 Å². The Hall–Kier alpha value is -8.55. The maximum atomic E-state index is 2.64. The minimum absolute atomic E-state index is 1.14. The molecule has 0 spiro atoms. The Labute approximate surface area is 436 Å². The van der Waals surface area contributed by atoms with Crippen LogP contribution in [-0.4, -0.2) is 16.1 Å². The van der Waals surface area contributed by atoms with Gasteiger partial charge in [0.05, 0.1) is 0 Å². The van der Waals surface area contributed by atoms with Gasteiger partial charge in [-0.25, -0.2) is 0 Å². The Morgan fingerprint density at radius 2 is 0.676 bits per heavy atom. The zero-order valence-corrected chi connectivity index (χ0v) is 44.1. The Bertz CT molecular complexity index is 4180. The summed E-state index contributed by atoms with van der Waals surface area (Å²) >= 11 is 0. The fraction of sp³-hybridized carbons (Fsp3) is 0.0571. The lowest BCUT2D eigenvalue weighted by molar-refractivity contribution is 1.29. The first kappa shape index (κ1) is 44.2. The summed E-state index contributed by atoms with van der Waals surface area (Å²) in [6, 6.07) is 95.3. The van der Waals surface area contributed by atoms with Crippen molar-refractivity contribution in [2.45, 2.75) is 26.2 Å². The van der Waals surface area contributed by atoms with Crippen molar-refractivity contribution in [1.82, 2.24) is 0 Å². The SMILES string of the molecule is C[Si]1(C)c2cc(N(c3ccccc3)c3ccc(-c4ccc5ccccc5c4)cc3)ccc2-c2c1cc1c3c(cccc23)[Si](C)(C)c2cc(N(c3ccccc3)c3ccc(-c4ccc5ccccc5c4)cc3)ccc2-1. The zero-order valence-electron chi connectivity index (χ0n) is 42.1. The summed E-state index contributed by atoms with van der Waals surface area (Å²) in [6.45, 7) is 10.3. The van der Waals surface area contributed by atoms with Crippen LogP contribution in [0.25, 0.3) is 76.8 Å². The predicted molar refractivity (Wildman–Crippen MR) is 324 cm³/mol. The summed E-state index contributed by atoms with van der Waals surface area (Å²) < 4.78 is 0. The number of hydrogen-bond donors (Lipinski definition) is 0. The lowest BCUT2D eigenvalue weighted by atomic mass is 9.91. The molecule has 12 aromatic carbocycles. The molecule has 0 saturated carbocycles. The van der Waals surface area contributed by atoms with E-state index in [-0.39, 0.29) is 0 Å². The fourth-order valence-electron chi connectivity index (χ4n) is 12.5. The molecular formula is C70H54N2Si2. The van der Waals surface area contributed by atoms with E-state index in [1.807, 2.05) is 0 Å². The molecule has 2 heterocycles. The lowest BCUT2D eigenvalue weighted by Gasteiger charge is -2.36. The average Bonchev–Trinajstić information content (AvgIpc) is 3.81. The van der Waals surface area contributed by atoms with Crippen molar-refractivity contribution in [1.29, 1.82) is 0 Å². The van der Waals surface area contributed by atoms with Gasteiger partial charge in [0, 0.05) is 34.1 Å². The summed E-state index contributed by atoms with van der Waals surface area (Å²) in [4.78, 5) is 4.88. The molecule has 0 radical (unpaired) electrons. The number of anilines is 6. The number of benzene rings is 12. The van der Waals surface area contributed by atoms with Crippen molar-refractivity contribution in [2.24, 2.45) is 0 Å². The van der Waals surface area contributed by atoms with Crippen molar-refractivity contribution >= 4 is 103 Å². The van der Waals surface area contributed by atoms with Gasteiger partial charge in [-0.15, -0.1) is 0 Å². The maximum absolute atomic E-state index is 2.64. The van der Waals surface area contributed by atoms with Crippen LogP contribution in [0.15, 0.2) is 255 Å². The molecule has 0 saturated heterocycles. The van der Waals surface area contributed by atoms with Gasteiger partial charge in [0.1, 0.15) is 16.1 Å². The van der Waals surface area contributed by atoms with Crippen LogP contribution < -0.4 is 30.5 Å². The van der Waals surface area contributed by atoms with Crippen LogP contribution in [0, 0.1) is 0 Å². The van der Waals surface area contributed by atoms with Crippen LogP contribution >= 0.6 is 0 Å². The third-order valence-corrected chi connectivity index (χ3v) is 23.4. The van der Waals surface area contributed by atoms with Crippen LogP contribution in [0.5, 0.6) is 0 Å². The second-order valence-corrected chi connectivity index (χ2v) is 30.0. The van der Waals surface area contributed by atoms with E-state index in [1.165, 1.54) is 109 Å². The van der Waals surface area contributed by atoms with Crippen molar-refractivity contribution in [3.05, 3.63) is 255 Å². The van der Waals surface area contributed by atoms with E-state index in [2.05, 4.69) is 291 Å². The van der Waals surface area contributed by atoms with Gasteiger partial charge < -0.3 is 9.80 Å². The molecular weight excluding hydrogens is 925 g/mol. The first-order valence-corrected chi connectivity index (χ1v) is 32.0. The van der Waals surface area contributed by atoms with Gasteiger partial charge >= 0.3 is 0 Å². The van der Waals surface area contributed by atoms with E-state index in [9.17, 15) is 0 Å². The van der Waals surface area contributed by atoms with Crippen molar-refractivity contribution < 1.29 is 0 Å². The van der Waals surface area contributed by atoms with Gasteiger partial charge in [-0.1, -0.05) is 196 Å². The summed E-state index contributed by atoms with van der Waals surface area (Å²) in [5.74, 6) is 0. The molecule has 0 amide bonds. The minimum atomic E-state index is -2.24. The highest BCUT2D eigenvalue weighted by molar-refractivity contribution is 7.05. The van der Waals surface area contributed by atoms with Gasteiger partial charge in [-0.05, 0) is 183 Å². The molecule has 2 aliphatic rings. The molecule has 2 aliphatic heterocycles. The molecule has 352 valence electrons. The second kappa shape index (κ2) is 17.0. The highest BCUT2D eigenvalue weighted by Crippen LogP contribution is 2.45. The first-order valence-electron chi connectivity index (χ1n) is 26.0. The molecule has 0 unspecified atom stereocenters. The Kier molecular flexibility index (Phi) is 10.2. The topological polar surface area (TPSA) is 6.48 Å². The van der Waals surface area contributed by atoms with Crippen LogP contribution in [0.4, 0.5) is 34.1 Å². The summed E-state index contributed by atoms with van der Waals surface area (Å²) in [5.41, 5.74) is 17.5. The lowest BCUT2D eigenvalue weighted by Crippen LogP contribution is -2.56. The molecule has 12 aromatic rings. The van der Waals surface area contributed by atoms with E-state index in [0.29, 0.717) is 0 Å². The van der Waals surface area contributed by atoms with Gasteiger partial charge in [0.15, 0.2) is 0 Å². The van der Waals surface area contributed by atoms with E-state index < -0.39 is 16.1 Å². The third kappa shape index (κ3) is 7.04. The molecule has 0 atom stereocenters. The van der Waals surface area contributed by atoms with Gasteiger partial charge in [-0.2, -0.15) is 0 Å². The maximum Gasteiger partial charge on any atom is 0.113 e. The summed E-state index contributed by atoms with van der Waals surface area (Å²) in [5, 5.41) is 13.9. The minimum Gasteiger partial charge on any atom is -0.311 e. The second-order valence-electron chi connectivity index (χ2n) is 21.3. The monoisotopic (exact) mass is 978 g/mol. The summed E-state index contributed by atoms with van der Waals surface area (Å²) in [6.07, 6.45) is 0. The van der Waals surface area contributed by atoms with E-state index in [0.717, 1.165) is 22.7 Å². The molecule has 4 heteroatoms. The largest absolute Gasteiger partial charge is 0.311 e. The average molecular weight is 979 g/mol. The van der Waals surface area contributed by atoms with E-state index in [1.54, 1.807) is 0 Å². The van der Waals surface area contributed by atoms with Gasteiger partial charge in [-0.3, -0.25) is 0 Å². The normalized spacial score (nSPS) is 13.6. The van der Waals surface area contributed by atoms with Crippen molar-refractivity contribution in [2.75, 3.05) is 9.80 Å². The zero-order chi connectivity index (χ0) is 49.7. The van der Waals surface area contributed by atoms with Gasteiger partial charge in [0.2, 0.25) is 0 Å². The van der Waals surface area contributed by atoms with Gasteiger partial charge in [0.25, 0.3) is 0 Å². The van der Waals surface area contributed by atoms with Crippen molar-refractivity contribution in [3.8, 4) is 44.5 Å². The standard InChI is InChI=1S/C70H54N2Si2/c1-73(2)65-25-15-24-63-69-62-41-39-60(72(56-22-9-6-10-23-56)58-36-32-50(33-37-58)54-29-27-48-17-12-14-19-52(48)43-54)45-67(62)74(3,4)68(69)46-64(70(63)65)61-40-38-59(44-66(61)73)71(55-20-7-5-8-21-55)57-34-30-49(31-35-57)53-28-26-47-16-11-13-18-51(47)42-53/h5-46H,1-4H3. The number of rotatable bonds is 8. The molecule has 0 bridgehead atoms. The number of hydrogen-bond acceptors (Lipinski definition) is 2. The molecule has 74 heavy (non-hydrogen) atoms. The smallest absolute Gasteiger partial charge is 0.113 e. The Balaban J connectivity index is 0.855. The number of para-hydroxylation sites is 2. The molecule has 0 aliphatic carbocycles. The van der Waals surface area contributed by atoms with E-state index in [4.69, 9.17) is 0 Å². The van der Waals surface area contributed by atoms with E-state index >= 15 is 0 Å². The number of nitrogens with zero attached hydrogens (tertiary/aromatic N) is 2. The molecule has 2 nitrogen and oxygen atoms in total. The quantitative estimate of drug-likeness (QED) is 0.140. The van der Waals surface area contributed by atoms with Crippen molar-refractivity contribution in [3.63, 3.8) is 0 Å². The predicted octanol–water partition coefficient (Wildman–Crippen LogP) is 17.0. The highest BCUT2D eigenvalue weighted by atomic mass is 28.3. The summed E-state index contributed by atoms with van der Waals surface area (Å²) in [7, 11) is -4.47. The molecule has 0 N–H and O–H groups in total. The Morgan fingerprint density at radius 1 is 0.257 bits per heavy atom. The molecule has 0 aromatic heterocycles. The fourth-order valence-corrected chi connectivity index (χ4v) is 18.7.